The van der Waals surface area contributed by atoms with Crippen molar-refractivity contribution in [2.24, 2.45) is 5.10 Å². The van der Waals surface area contributed by atoms with Crippen molar-refractivity contribution in [2.75, 3.05) is 11.9 Å². The highest BCUT2D eigenvalue weighted by atomic mass is 79.9. The van der Waals surface area contributed by atoms with Crippen LogP contribution in [0.4, 0.5) is 14.9 Å². The Morgan fingerprint density at radius 3 is 2.52 bits per heavy atom. The Balaban J connectivity index is 2.28. The summed E-state index contributed by atoms with van der Waals surface area (Å²) in [5, 5.41) is 8.44. The largest absolute Gasteiger partial charge is 0.342 e. The molecule has 1 N–H and O–H groups in total. The summed E-state index contributed by atoms with van der Waals surface area (Å²) in [6, 6.07) is 10.1. The fourth-order valence-corrected chi connectivity index (χ4v) is 2.75. The molecule has 0 heterocycles. The summed E-state index contributed by atoms with van der Waals surface area (Å²) in [4.78, 5) is 12.8. The van der Waals surface area contributed by atoms with E-state index in [1.165, 1.54) is 17.3 Å². The molecule has 6 heteroatoms. The topological polar surface area (TPSA) is 44.7 Å². The standard InChI is InChI=1S/C21H23BrFN3O/c1-5-14(2)13-26(24-12-17-9-10-18(22)11-19(17)23)21(27)25-20-15(3)7-6-8-16(20)4/h5-12H,13H2,1-4H3,(H,25,27). The molecule has 142 valence electrons. The van der Waals surface area contributed by atoms with E-state index >= 15 is 0 Å². The molecule has 0 bridgehead atoms. The quantitative estimate of drug-likeness (QED) is 0.350. The van der Waals surface area contributed by atoms with Gasteiger partial charge in [0.1, 0.15) is 5.82 Å². The van der Waals surface area contributed by atoms with Gasteiger partial charge < -0.3 is 5.32 Å². The van der Waals surface area contributed by atoms with Crippen LogP contribution in [0.25, 0.3) is 0 Å². The normalized spacial score (nSPS) is 11.7. The lowest BCUT2D eigenvalue weighted by atomic mass is 10.1. The summed E-state index contributed by atoms with van der Waals surface area (Å²) in [7, 11) is 0. The molecule has 0 radical (unpaired) electrons. The number of carbonyl (C=O) groups excluding carboxylic acids is 1. The third-order valence-electron chi connectivity index (χ3n) is 4.14. The van der Waals surface area contributed by atoms with Crippen molar-refractivity contribution in [2.45, 2.75) is 27.7 Å². The van der Waals surface area contributed by atoms with Crippen LogP contribution in [0.1, 0.15) is 30.5 Å². The smallest absolute Gasteiger partial charge is 0.306 e. The van der Waals surface area contributed by atoms with Crippen LogP contribution in [0.2, 0.25) is 0 Å². The molecule has 2 rings (SSSR count). The van der Waals surface area contributed by atoms with Gasteiger partial charge in [-0.1, -0.05) is 45.8 Å². The van der Waals surface area contributed by atoms with Gasteiger partial charge in [0.15, 0.2) is 0 Å². The van der Waals surface area contributed by atoms with Gasteiger partial charge in [0, 0.05) is 15.7 Å². The van der Waals surface area contributed by atoms with Crippen LogP contribution in [0.15, 0.2) is 57.6 Å². The summed E-state index contributed by atoms with van der Waals surface area (Å²) in [6.07, 6.45) is 3.27. The van der Waals surface area contributed by atoms with Crippen LogP contribution >= 0.6 is 15.9 Å². The number of amides is 2. The Morgan fingerprint density at radius 1 is 1.26 bits per heavy atom. The Bertz CT molecular complexity index is 873. The zero-order valence-electron chi connectivity index (χ0n) is 15.9. The summed E-state index contributed by atoms with van der Waals surface area (Å²) in [5.41, 5.74) is 3.97. The average Bonchev–Trinajstić information content (AvgIpc) is 2.62. The first-order valence-electron chi connectivity index (χ1n) is 8.57. The summed E-state index contributed by atoms with van der Waals surface area (Å²) in [5.74, 6) is -0.411. The fraction of sp³-hybridized carbons (Fsp3) is 0.238. The molecule has 0 atom stereocenters. The minimum Gasteiger partial charge on any atom is -0.306 e. The predicted molar refractivity (Wildman–Crippen MR) is 113 cm³/mol. The van der Waals surface area contributed by atoms with Gasteiger partial charge in [0.05, 0.1) is 12.8 Å². The van der Waals surface area contributed by atoms with Gasteiger partial charge in [-0.15, -0.1) is 0 Å². The molecule has 0 saturated heterocycles. The highest BCUT2D eigenvalue weighted by molar-refractivity contribution is 9.10. The number of nitrogens with zero attached hydrogens (tertiary/aromatic N) is 2. The van der Waals surface area contributed by atoms with E-state index in [1.54, 1.807) is 12.1 Å². The SMILES string of the molecule is CC=C(C)CN(N=Cc1ccc(Br)cc1F)C(=O)Nc1c(C)cccc1C. The molecule has 2 amide bonds. The predicted octanol–water partition coefficient (Wildman–Crippen LogP) is 6.04. The minimum atomic E-state index is -0.411. The van der Waals surface area contributed by atoms with Crippen LogP contribution in [0, 0.1) is 19.7 Å². The van der Waals surface area contributed by atoms with Crippen molar-refractivity contribution >= 4 is 33.9 Å². The van der Waals surface area contributed by atoms with E-state index in [-0.39, 0.29) is 6.03 Å². The molecule has 27 heavy (non-hydrogen) atoms. The monoisotopic (exact) mass is 431 g/mol. The van der Waals surface area contributed by atoms with Crippen molar-refractivity contribution in [1.82, 2.24) is 5.01 Å². The number of halogens is 2. The van der Waals surface area contributed by atoms with Crippen molar-refractivity contribution in [3.8, 4) is 0 Å². The van der Waals surface area contributed by atoms with Gasteiger partial charge in [0.2, 0.25) is 0 Å². The third-order valence-corrected chi connectivity index (χ3v) is 4.63. The van der Waals surface area contributed by atoms with Crippen LogP contribution in [0.5, 0.6) is 0 Å². The van der Waals surface area contributed by atoms with Crippen LogP contribution < -0.4 is 5.32 Å². The number of anilines is 1. The Kier molecular flexibility index (Phi) is 7.30. The van der Waals surface area contributed by atoms with E-state index < -0.39 is 5.82 Å². The summed E-state index contributed by atoms with van der Waals surface area (Å²) >= 11 is 3.23. The molecule has 4 nitrogen and oxygen atoms in total. The molecular formula is C21H23BrFN3O. The first kappa shape index (κ1) is 20.8. The van der Waals surface area contributed by atoms with Gasteiger partial charge in [-0.25, -0.2) is 14.2 Å². The first-order chi connectivity index (χ1) is 12.8. The van der Waals surface area contributed by atoms with Crippen LogP contribution in [0.3, 0.4) is 0 Å². The minimum absolute atomic E-state index is 0.307. The Hall–Kier alpha value is -2.47. The third kappa shape index (κ3) is 5.76. The van der Waals surface area contributed by atoms with E-state index in [4.69, 9.17) is 0 Å². The van der Waals surface area contributed by atoms with E-state index in [9.17, 15) is 9.18 Å². The number of hydrogen-bond donors (Lipinski definition) is 1. The van der Waals surface area contributed by atoms with Gasteiger partial charge >= 0.3 is 6.03 Å². The highest BCUT2D eigenvalue weighted by Crippen LogP contribution is 2.20. The maximum atomic E-state index is 14.0. The number of rotatable bonds is 5. The highest BCUT2D eigenvalue weighted by Gasteiger charge is 2.15. The average molecular weight is 432 g/mol. The van der Waals surface area contributed by atoms with Gasteiger partial charge in [0.25, 0.3) is 0 Å². The van der Waals surface area contributed by atoms with Crippen LogP contribution in [-0.2, 0) is 0 Å². The van der Waals surface area contributed by atoms with Crippen molar-refractivity contribution in [3.05, 3.63) is 75.0 Å². The molecule has 0 spiro atoms. The van der Waals surface area contributed by atoms with E-state index in [2.05, 4.69) is 26.3 Å². The summed E-state index contributed by atoms with van der Waals surface area (Å²) in [6.45, 7) is 7.99. The molecular weight excluding hydrogens is 409 g/mol. The molecule has 0 aliphatic heterocycles. The van der Waals surface area contributed by atoms with E-state index in [0.717, 1.165) is 22.4 Å². The number of carbonyl (C=O) groups is 1. The first-order valence-corrected chi connectivity index (χ1v) is 9.36. The van der Waals surface area contributed by atoms with Crippen LogP contribution in [-0.4, -0.2) is 23.8 Å². The van der Waals surface area contributed by atoms with Crippen molar-refractivity contribution < 1.29 is 9.18 Å². The second kappa shape index (κ2) is 9.46. The van der Waals surface area contributed by atoms with E-state index in [0.29, 0.717) is 16.6 Å². The van der Waals surface area contributed by atoms with Gasteiger partial charge in [-0.3, -0.25) is 0 Å². The van der Waals surface area contributed by atoms with Crippen molar-refractivity contribution in [1.29, 1.82) is 0 Å². The molecule has 0 aromatic heterocycles. The lowest BCUT2D eigenvalue weighted by Crippen LogP contribution is -2.32. The molecule has 0 saturated carbocycles. The zero-order valence-corrected chi connectivity index (χ0v) is 17.5. The molecule has 2 aromatic rings. The summed E-state index contributed by atoms with van der Waals surface area (Å²) < 4.78 is 14.7. The molecule has 2 aromatic carbocycles. The second-order valence-corrected chi connectivity index (χ2v) is 7.22. The maximum absolute atomic E-state index is 14.0. The maximum Gasteiger partial charge on any atom is 0.342 e. The Labute approximate surface area is 167 Å². The number of benzene rings is 2. The number of urea groups is 1. The number of para-hydroxylation sites is 1. The zero-order chi connectivity index (χ0) is 20.0. The molecule has 0 unspecified atom stereocenters. The van der Waals surface area contributed by atoms with Gasteiger partial charge in [-0.05, 0) is 57.0 Å². The number of hydrogen-bond acceptors (Lipinski definition) is 2. The second-order valence-electron chi connectivity index (χ2n) is 6.30. The number of hydrazone groups is 1. The molecule has 0 aliphatic rings. The number of allylic oxidation sites excluding steroid dienone is 1. The van der Waals surface area contributed by atoms with Gasteiger partial charge in [-0.2, -0.15) is 5.10 Å². The van der Waals surface area contributed by atoms with E-state index in [1.807, 2.05) is 52.0 Å². The fourth-order valence-electron chi connectivity index (χ4n) is 2.41. The lowest BCUT2D eigenvalue weighted by molar-refractivity contribution is 0.218. The molecule has 0 aliphatic carbocycles. The van der Waals surface area contributed by atoms with Crippen molar-refractivity contribution in [3.63, 3.8) is 0 Å². The number of nitrogens with one attached hydrogen (secondary N) is 1. The Morgan fingerprint density at radius 2 is 1.93 bits per heavy atom. The number of aryl methyl sites for hydroxylation is 2. The molecule has 0 fully saturated rings. The lowest BCUT2D eigenvalue weighted by Gasteiger charge is -2.20.